The number of rotatable bonds is 4. The molecular weight excluding hydrogens is 538 g/mol. The summed E-state index contributed by atoms with van der Waals surface area (Å²) < 4.78 is 4.44. The van der Waals surface area contributed by atoms with Gasteiger partial charge < -0.3 is 0 Å². The van der Waals surface area contributed by atoms with Crippen molar-refractivity contribution in [2.75, 3.05) is 0 Å². The molecule has 0 N–H and O–H groups in total. The number of nitrogens with zero attached hydrogens (tertiary/aromatic N) is 5. The lowest BCUT2D eigenvalue weighted by molar-refractivity contribution is 0.991. The maximum Gasteiger partial charge on any atom is 0.235 e. The number of imidazole rings is 1. The highest BCUT2D eigenvalue weighted by atomic mass is 15.2. The summed E-state index contributed by atoms with van der Waals surface area (Å²) in [4.78, 5) is 15.6. The zero-order valence-electron chi connectivity index (χ0n) is 23.7. The number of benzene rings is 5. The van der Waals surface area contributed by atoms with Gasteiger partial charge in [0.1, 0.15) is 5.65 Å². The molecule has 0 saturated heterocycles. The van der Waals surface area contributed by atoms with E-state index in [-0.39, 0.29) is 0 Å². The third-order valence-electron chi connectivity index (χ3n) is 8.35. The predicted molar refractivity (Wildman–Crippen MR) is 179 cm³/mol. The van der Waals surface area contributed by atoms with E-state index in [4.69, 9.17) is 15.0 Å². The monoisotopic (exact) mass is 563 g/mol. The van der Waals surface area contributed by atoms with E-state index in [0.29, 0.717) is 5.95 Å². The van der Waals surface area contributed by atoms with E-state index in [9.17, 15) is 0 Å². The second-order valence-electron chi connectivity index (χ2n) is 10.9. The molecule has 0 amide bonds. The molecule has 4 aromatic heterocycles. The second kappa shape index (κ2) is 9.75. The molecule has 0 atom stereocenters. The van der Waals surface area contributed by atoms with Gasteiger partial charge in [0.05, 0.1) is 33.5 Å². The number of para-hydroxylation sites is 1. The standard InChI is InChI=1S/C39H25N5/c1-4-14-26(15-5-1)34-35-32(24-23-31-38(35)43-25-13-12-22-33(43)40-31)44(37(34)28-18-8-3-9-19-28)39-41-30-21-11-10-20-29(30)36(42-39)27-16-6-2-7-17-27/h1-25H. The molecule has 0 saturated carbocycles. The highest BCUT2D eigenvalue weighted by Gasteiger charge is 2.26. The summed E-state index contributed by atoms with van der Waals surface area (Å²) in [5.74, 6) is 0.627. The van der Waals surface area contributed by atoms with Crippen LogP contribution in [0.1, 0.15) is 0 Å². The number of pyridine rings is 1. The molecule has 206 valence electrons. The van der Waals surface area contributed by atoms with Crippen LogP contribution in [0.4, 0.5) is 0 Å². The first-order valence-corrected chi connectivity index (χ1v) is 14.7. The Balaban J connectivity index is 1.51. The minimum Gasteiger partial charge on any atom is -0.299 e. The quantitative estimate of drug-likeness (QED) is 0.214. The van der Waals surface area contributed by atoms with Crippen molar-refractivity contribution in [3.05, 3.63) is 152 Å². The molecular formula is C39H25N5. The van der Waals surface area contributed by atoms with E-state index in [1.807, 2.05) is 24.3 Å². The molecule has 9 rings (SSSR count). The summed E-state index contributed by atoms with van der Waals surface area (Å²) in [6.07, 6.45) is 2.10. The van der Waals surface area contributed by atoms with Gasteiger partial charge in [0.25, 0.3) is 0 Å². The Morgan fingerprint density at radius 1 is 0.477 bits per heavy atom. The summed E-state index contributed by atoms with van der Waals surface area (Å²) in [6.45, 7) is 0. The molecule has 0 bridgehead atoms. The summed E-state index contributed by atoms with van der Waals surface area (Å²) in [5.41, 5.74) is 11.2. The maximum absolute atomic E-state index is 5.34. The van der Waals surface area contributed by atoms with Crippen molar-refractivity contribution in [3.63, 3.8) is 0 Å². The van der Waals surface area contributed by atoms with Crippen LogP contribution in [0, 0.1) is 0 Å². The topological polar surface area (TPSA) is 48.0 Å². The number of aromatic nitrogens is 5. The Labute approximate surface area is 253 Å². The predicted octanol–water partition coefficient (Wildman–Crippen LogP) is 9.38. The SMILES string of the molecule is c1ccc(-c2nc(-n3c(-c4ccccc4)c(-c4ccccc4)c4c3ccc3nc5ccccn5c34)nc3ccccc23)cc1. The largest absolute Gasteiger partial charge is 0.299 e. The normalized spacial score (nSPS) is 11.6. The van der Waals surface area contributed by atoms with Crippen LogP contribution in [0.3, 0.4) is 0 Å². The summed E-state index contributed by atoms with van der Waals surface area (Å²) >= 11 is 0. The Bertz CT molecular complexity index is 2480. The highest BCUT2D eigenvalue weighted by molar-refractivity contribution is 6.17. The molecule has 44 heavy (non-hydrogen) atoms. The minimum absolute atomic E-state index is 0.627. The Kier molecular flexibility index (Phi) is 5.43. The van der Waals surface area contributed by atoms with Crippen LogP contribution in [0.5, 0.6) is 0 Å². The van der Waals surface area contributed by atoms with Crippen LogP contribution in [0.2, 0.25) is 0 Å². The van der Waals surface area contributed by atoms with Gasteiger partial charge in [-0.05, 0) is 41.5 Å². The van der Waals surface area contributed by atoms with Gasteiger partial charge in [-0.2, -0.15) is 0 Å². The fraction of sp³-hybridized carbons (Fsp3) is 0. The zero-order valence-corrected chi connectivity index (χ0v) is 23.7. The average Bonchev–Trinajstić information content (AvgIpc) is 3.65. The van der Waals surface area contributed by atoms with Crippen LogP contribution < -0.4 is 0 Å². The first kappa shape index (κ1) is 24.5. The molecule has 0 radical (unpaired) electrons. The van der Waals surface area contributed by atoms with Crippen molar-refractivity contribution in [3.8, 4) is 39.6 Å². The fourth-order valence-corrected chi connectivity index (χ4v) is 6.47. The summed E-state index contributed by atoms with van der Waals surface area (Å²) in [5, 5.41) is 2.14. The number of hydrogen-bond acceptors (Lipinski definition) is 3. The van der Waals surface area contributed by atoms with E-state index >= 15 is 0 Å². The Hall–Kier alpha value is -6.07. The Morgan fingerprint density at radius 3 is 1.91 bits per heavy atom. The number of hydrogen-bond donors (Lipinski definition) is 0. The molecule has 0 unspecified atom stereocenters. The van der Waals surface area contributed by atoms with Crippen LogP contribution >= 0.6 is 0 Å². The van der Waals surface area contributed by atoms with Crippen LogP contribution in [0.25, 0.3) is 78.1 Å². The molecule has 0 spiro atoms. The molecule has 5 aromatic carbocycles. The molecule has 0 aliphatic heterocycles. The smallest absolute Gasteiger partial charge is 0.235 e. The van der Waals surface area contributed by atoms with Crippen molar-refractivity contribution >= 4 is 38.5 Å². The van der Waals surface area contributed by atoms with Gasteiger partial charge in [0.2, 0.25) is 5.95 Å². The lowest BCUT2D eigenvalue weighted by atomic mass is 9.97. The van der Waals surface area contributed by atoms with Gasteiger partial charge in [-0.3, -0.25) is 8.97 Å². The summed E-state index contributed by atoms with van der Waals surface area (Å²) in [6, 6.07) is 50.3. The first-order valence-electron chi connectivity index (χ1n) is 14.7. The maximum atomic E-state index is 5.34. The van der Waals surface area contributed by atoms with Gasteiger partial charge in [-0.15, -0.1) is 0 Å². The van der Waals surface area contributed by atoms with Crippen LogP contribution in [-0.4, -0.2) is 23.9 Å². The van der Waals surface area contributed by atoms with Gasteiger partial charge in [-0.25, -0.2) is 15.0 Å². The fourth-order valence-electron chi connectivity index (χ4n) is 6.47. The van der Waals surface area contributed by atoms with Crippen molar-refractivity contribution in [1.29, 1.82) is 0 Å². The van der Waals surface area contributed by atoms with Gasteiger partial charge in [0, 0.05) is 28.1 Å². The van der Waals surface area contributed by atoms with Gasteiger partial charge in [0.15, 0.2) is 0 Å². The van der Waals surface area contributed by atoms with E-state index in [0.717, 1.165) is 72.1 Å². The molecule has 9 aromatic rings. The average molecular weight is 564 g/mol. The van der Waals surface area contributed by atoms with Gasteiger partial charge in [-0.1, -0.05) is 115 Å². The van der Waals surface area contributed by atoms with E-state index in [1.165, 1.54) is 0 Å². The van der Waals surface area contributed by atoms with Crippen molar-refractivity contribution in [2.45, 2.75) is 0 Å². The van der Waals surface area contributed by atoms with E-state index in [1.54, 1.807) is 0 Å². The van der Waals surface area contributed by atoms with Crippen LogP contribution in [-0.2, 0) is 0 Å². The number of fused-ring (bicyclic) bond motifs is 6. The van der Waals surface area contributed by atoms with Crippen molar-refractivity contribution < 1.29 is 0 Å². The molecule has 5 heteroatoms. The van der Waals surface area contributed by atoms with E-state index in [2.05, 4.69) is 136 Å². The Morgan fingerprint density at radius 2 is 1.14 bits per heavy atom. The third-order valence-corrected chi connectivity index (χ3v) is 8.35. The first-order chi connectivity index (χ1) is 21.8. The van der Waals surface area contributed by atoms with Crippen molar-refractivity contribution in [2.24, 2.45) is 0 Å². The minimum atomic E-state index is 0.627. The molecule has 0 aliphatic rings. The molecule has 4 heterocycles. The second-order valence-corrected chi connectivity index (χ2v) is 10.9. The molecule has 0 aliphatic carbocycles. The molecule has 5 nitrogen and oxygen atoms in total. The zero-order chi connectivity index (χ0) is 29.0. The molecule has 0 fully saturated rings. The van der Waals surface area contributed by atoms with E-state index < -0.39 is 0 Å². The highest BCUT2D eigenvalue weighted by Crippen LogP contribution is 2.45. The summed E-state index contributed by atoms with van der Waals surface area (Å²) in [7, 11) is 0. The third kappa shape index (κ3) is 3.69. The van der Waals surface area contributed by atoms with Gasteiger partial charge >= 0.3 is 0 Å². The van der Waals surface area contributed by atoms with Crippen molar-refractivity contribution in [1.82, 2.24) is 23.9 Å². The lowest BCUT2D eigenvalue weighted by Crippen LogP contribution is -2.05. The lowest BCUT2D eigenvalue weighted by Gasteiger charge is -2.14. The van der Waals surface area contributed by atoms with Crippen LogP contribution in [0.15, 0.2) is 152 Å².